The molecule has 100 valence electrons. The Bertz CT molecular complexity index is 698. The molecule has 0 aliphatic carbocycles. The Kier molecular flexibility index (Phi) is 3.93. The monoisotopic (exact) mass is 288 g/mol. The van der Waals surface area contributed by atoms with Gasteiger partial charge in [0.15, 0.2) is 5.84 Å². The van der Waals surface area contributed by atoms with Crippen LogP contribution in [0.1, 0.15) is 0 Å². The van der Waals surface area contributed by atoms with Gasteiger partial charge in [-0.05, 0) is 18.2 Å². The number of hydrogen-bond acceptors (Lipinski definition) is 6. The Balaban J connectivity index is 2.23. The van der Waals surface area contributed by atoms with E-state index in [1.165, 1.54) is 17.3 Å². The highest BCUT2D eigenvalue weighted by Gasteiger charge is 2.05. The first kappa shape index (κ1) is 13.5. The van der Waals surface area contributed by atoms with Crippen LogP contribution in [0.4, 0.5) is 5.69 Å². The van der Waals surface area contributed by atoms with Gasteiger partial charge in [0.25, 0.3) is 0 Å². The molecule has 0 unspecified atom stereocenters. The van der Waals surface area contributed by atoms with Crippen LogP contribution in [0.3, 0.4) is 0 Å². The molecule has 2 aromatic rings. The molecule has 1 heterocycles. The summed E-state index contributed by atoms with van der Waals surface area (Å²) in [7, 11) is 0. The van der Waals surface area contributed by atoms with Crippen LogP contribution in [0, 0.1) is 16.7 Å². The number of rotatable bonds is 4. The highest BCUT2D eigenvalue weighted by molar-refractivity contribution is 6.45. The third-order valence-corrected chi connectivity index (χ3v) is 2.57. The molecule has 0 fully saturated rings. The molecule has 1 aromatic carbocycles. The minimum atomic E-state index is -0.412. The third kappa shape index (κ3) is 2.90. The van der Waals surface area contributed by atoms with Gasteiger partial charge in [-0.3, -0.25) is 10.8 Å². The van der Waals surface area contributed by atoms with Crippen LogP contribution < -0.4 is 11.2 Å². The standard InChI is InChI=1S/C11H9ClN8/c12-8-3-7(18-19-9(4-13)11(14)15)1-2-10(8)20-6-16-5-17-20/h1-3,5-6,18H,(H3,14,15)/b19-9+. The van der Waals surface area contributed by atoms with E-state index in [1.54, 1.807) is 24.3 Å². The molecule has 0 radical (unpaired) electrons. The molecule has 2 rings (SSSR count). The summed E-state index contributed by atoms with van der Waals surface area (Å²) in [5, 5.41) is 23.9. The van der Waals surface area contributed by atoms with Gasteiger partial charge in [0.1, 0.15) is 18.7 Å². The largest absolute Gasteiger partial charge is 0.382 e. The molecule has 0 aliphatic rings. The highest BCUT2D eigenvalue weighted by Crippen LogP contribution is 2.23. The van der Waals surface area contributed by atoms with E-state index in [9.17, 15) is 0 Å². The van der Waals surface area contributed by atoms with E-state index in [2.05, 4.69) is 20.6 Å². The summed E-state index contributed by atoms with van der Waals surface area (Å²) in [6.07, 6.45) is 2.93. The van der Waals surface area contributed by atoms with Crippen LogP contribution in [0.5, 0.6) is 0 Å². The number of hydrazone groups is 1. The van der Waals surface area contributed by atoms with Crippen molar-refractivity contribution in [2.45, 2.75) is 0 Å². The number of halogens is 1. The van der Waals surface area contributed by atoms with Crippen molar-refractivity contribution in [3.05, 3.63) is 35.9 Å². The SMILES string of the molecule is N#C/C(=N\Nc1ccc(-n2cncn2)c(Cl)c1)C(=N)N. The molecular formula is C11H9ClN8. The average Bonchev–Trinajstić information content (AvgIpc) is 2.93. The molecule has 20 heavy (non-hydrogen) atoms. The fourth-order valence-electron chi connectivity index (χ4n) is 1.36. The molecule has 0 bridgehead atoms. The van der Waals surface area contributed by atoms with Gasteiger partial charge >= 0.3 is 0 Å². The zero-order chi connectivity index (χ0) is 14.5. The van der Waals surface area contributed by atoms with E-state index >= 15 is 0 Å². The van der Waals surface area contributed by atoms with Crippen LogP contribution in [0.2, 0.25) is 5.02 Å². The highest BCUT2D eigenvalue weighted by atomic mass is 35.5. The molecule has 8 nitrogen and oxygen atoms in total. The van der Waals surface area contributed by atoms with Crippen molar-refractivity contribution in [1.29, 1.82) is 10.7 Å². The van der Waals surface area contributed by atoms with Crippen LogP contribution >= 0.6 is 11.6 Å². The van der Waals surface area contributed by atoms with Gasteiger partial charge in [0.2, 0.25) is 5.71 Å². The summed E-state index contributed by atoms with van der Waals surface area (Å²) in [5.74, 6) is -0.412. The quantitative estimate of drug-likeness (QED) is 0.441. The molecule has 0 amide bonds. The number of nitrogens with one attached hydrogen (secondary N) is 2. The minimum Gasteiger partial charge on any atom is -0.382 e. The number of aromatic nitrogens is 3. The summed E-state index contributed by atoms with van der Waals surface area (Å²) in [6, 6.07) is 6.72. The summed E-state index contributed by atoms with van der Waals surface area (Å²) in [6.45, 7) is 0. The van der Waals surface area contributed by atoms with Gasteiger partial charge < -0.3 is 5.73 Å². The van der Waals surface area contributed by atoms with E-state index in [4.69, 9.17) is 28.0 Å². The summed E-state index contributed by atoms with van der Waals surface area (Å²) < 4.78 is 1.52. The maximum absolute atomic E-state index is 8.71. The Labute approximate surface area is 119 Å². The first-order valence-electron chi connectivity index (χ1n) is 5.34. The van der Waals surface area contributed by atoms with Gasteiger partial charge in [-0.15, -0.1) is 0 Å². The predicted octanol–water partition coefficient (Wildman–Crippen LogP) is 1.15. The fraction of sp³-hybridized carbons (Fsp3) is 0. The van der Waals surface area contributed by atoms with Crippen LogP contribution in [-0.2, 0) is 0 Å². The van der Waals surface area contributed by atoms with E-state index in [0.29, 0.717) is 16.4 Å². The Morgan fingerprint density at radius 3 is 2.90 bits per heavy atom. The van der Waals surface area contributed by atoms with Crippen molar-refractivity contribution in [3.8, 4) is 11.8 Å². The zero-order valence-electron chi connectivity index (χ0n) is 10.1. The molecule has 0 aliphatic heterocycles. The molecule has 0 saturated carbocycles. The van der Waals surface area contributed by atoms with Crippen LogP contribution in [0.25, 0.3) is 5.69 Å². The first-order chi connectivity index (χ1) is 9.61. The first-order valence-corrected chi connectivity index (χ1v) is 5.72. The van der Waals surface area contributed by atoms with E-state index in [0.717, 1.165) is 0 Å². The normalized spacial score (nSPS) is 10.9. The summed E-state index contributed by atoms with van der Waals surface area (Å²) in [5.41, 5.74) is 8.78. The van der Waals surface area contributed by atoms with E-state index in [1.807, 2.05) is 0 Å². The number of anilines is 1. The van der Waals surface area contributed by atoms with Crippen molar-refractivity contribution in [3.63, 3.8) is 0 Å². The minimum absolute atomic E-state index is 0.207. The lowest BCUT2D eigenvalue weighted by atomic mass is 10.3. The molecular weight excluding hydrogens is 280 g/mol. The number of amidine groups is 1. The lowest BCUT2D eigenvalue weighted by molar-refractivity contribution is 0.879. The third-order valence-electron chi connectivity index (χ3n) is 2.27. The fourth-order valence-corrected chi connectivity index (χ4v) is 1.63. The van der Waals surface area contributed by atoms with Crippen LogP contribution in [0.15, 0.2) is 36.0 Å². The molecule has 0 spiro atoms. The maximum atomic E-state index is 8.71. The summed E-state index contributed by atoms with van der Waals surface area (Å²) in [4.78, 5) is 3.83. The van der Waals surface area contributed by atoms with Gasteiger partial charge in [-0.2, -0.15) is 15.5 Å². The van der Waals surface area contributed by atoms with Crippen molar-refractivity contribution in [2.75, 3.05) is 5.43 Å². The van der Waals surface area contributed by atoms with Crippen molar-refractivity contribution < 1.29 is 0 Å². The maximum Gasteiger partial charge on any atom is 0.201 e. The predicted molar refractivity (Wildman–Crippen MR) is 75.0 cm³/mol. The zero-order valence-corrected chi connectivity index (χ0v) is 10.8. The second-order valence-corrected chi connectivity index (χ2v) is 4.01. The van der Waals surface area contributed by atoms with Gasteiger partial charge in [-0.25, -0.2) is 9.67 Å². The summed E-state index contributed by atoms with van der Waals surface area (Å²) >= 11 is 6.12. The second kappa shape index (κ2) is 5.81. The van der Waals surface area contributed by atoms with Crippen molar-refractivity contribution in [1.82, 2.24) is 14.8 Å². The second-order valence-electron chi connectivity index (χ2n) is 3.60. The number of benzene rings is 1. The van der Waals surface area contributed by atoms with Crippen molar-refractivity contribution >= 4 is 28.8 Å². The van der Waals surface area contributed by atoms with Crippen molar-refractivity contribution in [2.24, 2.45) is 10.8 Å². The lowest BCUT2D eigenvalue weighted by Gasteiger charge is -2.06. The van der Waals surface area contributed by atoms with Gasteiger partial charge in [-0.1, -0.05) is 11.6 Å². The molecule has 1 aromatic heterocycles. The number of hydrogen-bond donors (Lipinski definition) is 3. The number of nitrogens with zero attached hydrogens (tertiary/aromatic N) is 5. The Morgan fingerprint density at radius 1 is 1.55 bits per heavy atom. The molecule has 4 N–H and O–H groups in total. The number of nitriles is 1. The lowest BCUT2D eigenvalue weighted by Crippen LogP contribution is -2.21. The molecule has 0 saturated heterocycles. The van der Waals surface area contributed by atoms with E-state index < -0.39 is 5.84 Å². The van der Waals surface area contributed by atoms with E-state index in [-0.39, 0.29) is 5.71 Å². The molecule has 0 atom stereocenters. The Hall–Kier alpha value is -2.92. The Morgan fingerprint density at radius 2 is 2.35 bits per heavy atom. The van der Waals surface area contributed by atoms with Crippen LogP contribution in [-0.4, -0.2) is 26.3 Å². The smallest absolute Gasteiger partial charge is 0.201 e. The topological polar surface area (TPSA) is 129 Å². The average molecular weight is 289 g/mol. The van der Waals surface area contributed by atoms with Gasteiger partial charge in [0.05, 0.1) is 16.4 Å². The molecule has 9 heteroatoms. The number of nitrogens with two attached hydrogens (primary N) is 1. The van der Waals surface area contributed by atoms with Gasteiger partial charge in [0, 0.05) is 0 Å².